The molecule has 0 aromatic rings. The lowest BCUT2D eigenvalue weighted by molar-refractivity contribution is -0.143. The molecule has 0 spiro atoms. The van der Waals surface area contributed by atoms with E-state index in [2.05, 4.69) is 20.4 Å². The normalized spacial score (nSPS) is 32.8. The molecule has 2 atom stereocenters. The molecule has 1 fully saturated rings. The summed E-state index contributed by atoms with van der Waals surface area (Å²) >= 11 is 0. The maximum Gasteiger partial charge on any atom is 0.306 e. The smallest absolute Gasteiger partial charge is 0.306 e. The lowest BCUT2D eigenvalue weighted by Gasteiger charge is -2.38. The van der Waals surface area contributed by atoms with Crippen LogP contribution in [0.4, 0.5) is 0 Å². The molecule has 0 N–H and O–H groups in total. The van der Waals surface area contributed by atoms with Crippen molar-refractivity contribution in [3.05, 3.63) is 12.2 Å². The highest BCUT2D eigenvalue weighted by molar-refractivity contribution is 5.70. The van der Waals surface area contributed by atoms with Crippen LogP contribution in [-0.2, 0) is 9.53 Å². The van der Waals surface area contributed by atoms with Gasteiger partial charge in [-0.3, -0.25) is 4.79 Å². The monoisotopic (exact) mass is 196 g/mol. The van der Waals surface area contributed by atoms with Gasteiger partial charge in [0.25, 0.3) is 0 Å². The van der Waals surface area contributed by atoms with E-state index in [-0.39, 0.29) is 11.4 Å². The summed E-state index contributed by atoms with van der Waals surface area (Å²) in [5, 5.41) is 0. The van der Waals surface area contributed by atoms with Crippen molar-refractivity contribution in [1.29, 1.82) is 0 Å². The Balaban J connectivity index is 2.71. The van der Waals surface area contributed by atoms with Crippen LogP contribution in [-0.4, -0.2) is 13.1 Å². The number of methoxy groups -OCH3 is 1. The third-order valence-electron chi connectivity index (χ3n) is 3.50. The molecule has 0 unspecified atom stereocenters. The fourth-order valence-electron chi connectivity index (χ4n) is 2.32. The van der Waals surface area contributed by atoms with Gasteiger partial charge in [-0.15, -0.1) is 0 Å². The standard InChI is InChI=1S/C12H20O2/c1-9-6-5-7-12(3,10(9)2)8-11(13)14-4/h9H,2,5-8H2,1,3-4H3/t9-,12-/m1/s1. The molecule has 1 aliphatic rings. The van der Waals surface area contributed by atoms with Crippen molar-refractivity contribution in [2.24, 2.45) is 11.3 Å². The molecule has 2 nitrogen and oxygen atoms in total. The number of carbonyl (C=O) groups excluding carboxylic acids is 1. The Labute approximate surface area is 86.3 Å². The molecule has 1 rings (SSSR count). The number of hydrogen-bond donors (Lipinski definition) is 0. The summed E-state index contributed by atoms with van der Waals surface area (Å²) in [5.41, 5.74) is 1.18. The summed E-state index contributed by atoms with van der Waals surface area (Å²) < 4.78 is 4.72. The number of rotatable bonds is 2. The number of hydrogen-bond acceptors (Lipinski definition) is 2. The van der Waals surface area contributed by atoms with Crippen LogP contribution < -0.4 is 0 Å². The fourth-order valence-corrected chi connectivity index (χ4v) is 2.32. The quantitative estimate of drug-likeness (QED) is 0.501. The zero-order valence-corrected chi connectivity index (χ0v) is 9.43. The molecular weight excluding hydrogens is 176 g/mol. The van der Waals surface area contributed by atoms with E-state index >= 15 is 0 Å². The lowest BCUT2D eigenvalue weighted by Crippen LogP contribution is -2.30. The molecule has 1 aliphatic carbocycles. The maximum absolute atomic E-state index is 11.3. The molecule has 0 saturated heterocycles. The minimum Gasteiger partial charge on any atom is -0.469 e. The Morgan fingerprint density at radius 2 is 2.36 bits per heavy atom. The van der Waals surface area contributed by atoms with Gasteiger partial charge in [0.2, 0.25) is 0 Å². The van der Waals surface area contributed by atoms with E-state index in [1.54, 1.807) is 0 Å². The molecule has 2 heteroatoms. The molecule has 0 bridgehead atoms. The first-order chi connectivity index (χ1) is 6.49. The van der Waals surface area contributed by atoms with Crippen LogP contribution in [0.1, 0.15) is 39.5 Å². The molecule has 0 aliphatic heterocycles. The van der Waals surface area contributed by atoms with Crippen LogP contribution in [0, 0.1) is 11.3 Å². The molecule has 80 valence electrons. The van der Waals surface area contributed by atoms with E-state index in [0.29, 0.717) is 12.3 Å². The molecule has 0 heterocycles. The zero-order valence-electron chi connectivity index (χ0n) is 9.43. The van der Waals surface area contributed by atoms with E-state index in [1.807, 2.05) is 0 Å². The number of allylic oxidation sites excluding steroid dienone is 1. The van der Waals surface area contributed by atoms with Gasteiger partial charge in [-0.2, -0.15) is 0 Å². The Morgan fingerprint density at radius 3 is 2.93 bits per heavy atom. The highest BCUT2D eigenvalue weighted by Gasteiger charge is 2.36. The lowest BCUT2D eigenvalue weighted by atomic mass is 9.66. The van der Waals surface area contributed by atoms with Crippen molar-refractivity contribution < 1.29 is 9.53 Å². The molecule has 14 heavy (non-hydrogen) atoms. The molecular formula is C12H20O2. The van der Waals surface area contributed by atoms with Gasteiger partial charge < -0.3 is 4.74 Å². The van der Waals surface area contributed by atoms with Gasteiger partial charge in [-0.1, -0.05) is 32.4 Å². The predicted octanol–water partition coefficient (Wildman–Crippen LogP) is 2.93. The first-order valence-corrected chi connectivity index (χ1v) is 5.25. The van der Waals surface area contributed by atoms with Crippen LogP contribution in [0.5, 0.6) is 0 Å². The third kappa shape index (κ3) is 2.17. The second kappa shape index (κ2) is 4.16. The average molecular weight is 196 g/mol. The van der Waals surface area contributed by atoms with Crippen LogP contribution in [0.3, 0.4) is 0 Å². The second-order valence-electron chi connectivity index (χ2n) is 4.63. The highest BCUT2D eigenvalue weighted by atomic mass is 16.5. The van der Waals surface area contributed by atoms with Crippen molar-refractivity contribution >= 4 is 5.97 Å². The predicted molar refractivity (Wildman–Crippen MR) is 56.9 cm³/mol. The number of carbonyl (C=O) groups is 1. The van der Waals surface area contributed by atoms with Gasteiger partial charge in [0.15, 0.2) is 0 Å². The van der Waals surface area contributed by atoms with Gasteiger partial charge in [0.05, 0.1) is 13.5 Å². The SMILES string of the molecule is C=C1[C@H](C)CCC[C@]1(C)CC(=O)OC. The van der Waals surface area contributed by atoms with Crippen molar-refractivity contribution in [3.63, 3.8) is 0 Å². The van der Waals surface area contributed by atoms with Crippen molar-refractivity contribution in [1.82, 2.24) is 0 Å². The van der Waals surface area contributed by atoms with Crippen molar-refractivity contribution in [2.75, 3.05) is 7.11 Å². The number of esters is 1. The average Bonchev–Trinajstić information content (AvgIpc) is 2.14. The van der Waals surface area contributed by atoms with Gasteiger partial charge >= 0.3 is 5.97 Å². The van der Waals surface area contributed by atoms with E-state index < -0.39 is 0 Å². The molecule has 0 aromatic carbocycles. The fraction of sp³-hybridized carbons (Fsp3) is 0.750. The second-order valence-corrected chi connectivity index (χ2v) is 4.63. The Hall–Kier alpha value is -0.790. The Morgan fingerprint density at radius 1 is 1.71 bits per heavy atom. The van der Waals surface area contributed by atoms with E-state index in [0.717, 1.165) is 6.42 Å². The summed E-state index contributed by atoms with van der Waals surface area (Å²) in [7, 11) is 1.45. The van der Waals surface area contributed by atoms with Crippen LogP contribution in [0.15, 0.2) is 12.2 Å². The Bertz CT molecular complexity index is 245. The summed E-state index contributed by atoms with van der Waals surface area (Å²) in [6.45, 7) is 8.45. The first kappa shape index (κ1) is 11.3. The van der Waals surface area contributed by atoms with Gasteiger partial charge in [-0.05, 0) is 24.2 Å². The first-order valence-electron chi connectivity index (χ1n) is 5.25. The van der Waals surface area contributed by atoms with Gasteiger partial charge in [-0.25, -0.2) is 0 Å². The topological polar surface area (TPSA) is 26.3 Å². The largest absolute Gasteiger partial charge is 0.469 e. The zero-order chi connectivity index (χ0) is 10.8. The Kier molecular flexibility index (Phi) is 3.35. The van der Waals surface area contributed by atoms with Crippen LogP contribution >= 0.6 is 0 Å². The molecule has 1 saturated carbocycles. The summed E-state index contributed by atoms with van der Waals surface area (Å²) in [6.07, 6.45) is 3.93. The van der Waals surface area contributed by atoms with Crippen LogP contribution in [0.25, 0.3) is 0 Å². The summed E-state index contributed by atoms with van der Waals surface area (Å²) in [5.74, 6) is 0.418. The van der Waals surface area contributed by atoms with Crippen molar-refractivity contribution in [3.8, 4) is 0 Å². The number of ether oxygens (including phenoxy) is 1. The molecule has 0 aromatic heterocycles. The van der Waals surface area contributed by atoms with E-state index in [9.17, 15) is 4.79 Å². The minimum atomic E-state index is -0.122. The molecule has 0 radical (unpaired) electrons. The summed E-state index contributed by atoms with van der Waals surface area (Å²) in [6, 6.07) is 0. The van der Waals surface area contributed by atoms with E-state index in [1.165, 1.54) is 25.5 Å². The summed E-state index contributed by atoms with van der Waals surface area (Å²) in [4.78, 5) is 11.3. The van der Waals surface area contributed by atoms with E-state index in [4.69, 9.17) is 4.74 Å². The van der Waals surface area contributed by atoms with Gasteiger partial charge in [0.1, 0.15) is 0 Å². The maximum atomic E-state index is 11.3. The third-order valence-corrected chi connectivity index (χ3v) is 3.50. The van der Waals surface area contributed by atoms with Gasteiger partial charge in [0, 0.05) is 0 Å². The molecule has 0 amide bonds. The van der Waals surface area contributed by atoms with Crippen molar-refractivity contribution in [2.45, 2.75) is 39.5 Å². The van der Waals surface area contributed by atoms with Crippen LogP contribution in [0.2, 0.25) is 0 Å². The highest BCUT2D eigenvalue weighted by Crippen LogP contribution is 2.45. The minimum absolute atomic E-state index is 0.0369.